The molecular weight excluding hydrogens is 364 g/mol. The SMILES string of the molecule is NC(=O)CSc1ccccc1C(=O)OCC(=O)NCCCc1ccccc1. The maximum atomic E-state index is 12.2. The van der Waals surface area contributed by atoms with E-state index < -0.39 is 11.9 Å². The number of amides is 2. The van der Waals surface area contributed by atoms with E-state index in [1.807, 2.05) is 30.3 Å². The first-order valence-corrected chi connectivity index (χ1v) is 9.52. The molecule has 0 saturated carbocycles. The van der Waals surface area contributed by atoms with E-state index in [1.54, 1.807) is 24.3 Å². The molecule has 142 valence electrons. The summed E-state index contributed by atoms with van der Waals surface area (Å²) in [6.07, 6.45) is 1.67. The van der Waals surface area contributed by atoms with Gasteiger partial charge in [0.15, 0.2) is 6.61 Å². The standard InChI is InChI=1S/C20H22N2O4S/c21-18(23)14-27-17-11-5-4-10-16(17)20(25)26-13-19(24)22-12-6-9-15-7-2-1-3-8-15/h1-5,7-8,10-11H,6,9,12-14H2,(H2,21,23)(H,22,24). The molecule has 7 heteroatoms. The van der Waals surface area contributed by atoms with Crippen molar-refractivity contribution in [1.82, 2.24) is 5.32 Å². The Bertz CT molecular complexity index is 781. The first kappa shape index (κ1) is 20.5. The first-order chi connectivity index (χ1) is 13.1. The second-order valence-electron chi connectivity index (χ2n) is 5.77. The minimum absolute atomic E-state index is 0.0617. The van der Waals surface area contributed by atoms with Gasteiger partial charge in [0.1, 0.15) is 0 Å². The number of hydrogen-bond donors (Lipinski definition) is 2. The number of primary amides is 1. The molecule has 0 spiro atoms. The van der Waals surface area contributed by atoms with Gasteiger partial charge in [0.25, 0.3) is 5.91 Å². The predicted molar refractivity (Wildman–Crippen MR) is 104 cm³/mol. The fourth-order valence-corrected chi connectivity index (χ4v) is 3.11. The molecule has 0 aliphatic rings. The Kier molecular flexibility index (Phi) is 8.38. The van der Waals surface area contributed by atoms with Gasteiger partial charge < -0.3 is 15.8 Å². The van der Waals surface area contributed by atoms with Crippen molar-refractivity contribution in [1.29, 1.82) is 0 Å². The topological polar surface area (TPSA) is 98.5 Å². The Morgan fingerprint density at radius 2 is 1.70 bits per heavy atom. The van der Waals surface area contributed by atoms with Crippen LogP contribution in [0.15, 0.2) is 59.5 Å². The van der Waals surface area contributed by atoms with Crippen molar-refractivity contribution >= 4 is 29.5 Å². The van der Waals surface area contributed by atoms with E-state index in [-0.39, 0.29) is 18.3 Å². The summed E-state index contributed by atoms with van der Waals surface area (Å²) >= 11 is 1.16. The molecule has 0 unspecified atom stereocenters. The van der Waals surface area contributed by atoms with Gasteiger partial charge in [-0.3, -0.25) is 9.59 Å². The highest BCUT2D eigenvalue weighted by Crippen LogP contribution is 2.22. The summed E-state index contributed by atoms with van der Waals surface area (Å²) in [5.74, 6) is -1.37. The van der Waals surface area contributed by atoms with E-state index in [0.717, 1.165) is 24.6 Å². The van der Waals surface area contributed by atoms with Crippen molar-refractivity contribution in [3.8, 4) is 0 Å². The normalized spacial score (nSPS) is 10.2. The van der Waals surface area contributed by atoms with Crippen LogP contribution in [0.5, 0.6) is 0 Å². The third-order valence-electron chi connectivity index (χ3n) is 3.62. The Morgan fingerprint density at radius 1 is 1.00 bits per heavy atom. The molecule has 2 aromatic rings. The summed E-state index contributed by atoms with van der Waals surface area (Å²) in [7, 11) is 0. The summed E-state index contributed by atoms with van der Waals surface area (Å²) in [5.41, 5.74) is 6.65. The summed E-state index contributed by atoms with van der Waals surface area (Å²) in [4.78, 5) is 35.5. The van der Waals surface area contributed by atoms with E-state index in [4.69, 9.17) is 10.5 Å². The minimum Gasteiger partial charge on any atom is -0.452 e. The molecular formula is C20H22N2O4S. The third kappa shape index (κ3) is 7.53. The van der Waals surface area contributed by atoms with Crippen molar-refractivity contribution in [3.05, 3.63) is 65.7 Å². The van der Waals surface area contributed by atoms with Gasteiger partial charge in [0.2, 0.25) is 5.91 Å². The lowest BCUT2D eigenvalue weighted by Crippen LogP contribution is -2.29. The van der Waals surface area contributed by atoms with Crippen LogP contribution in [-0.4, -0.2) is 36.7 Å². The van der Waals surface area contributed by atoms with E-state index >= 15 is 0 Å². The number of hydrogen-bond acceptors (Lipinski definition) is 5. The zero-order valence-corrected chi connectivity index (χ0v) is 15.7. The van der Waals surface area contributed by atoms with Gasteiger partial charge in [-0.05, 0) is 30.5 Å². The molecule has 0 saturated heterocycles. The van der Waals surface area contributed by atoms with E-state index in [2.05, 4.69) is 5.32 Å². The molecule has 2 rings (SSSR count). The lowest BCUT2D eigenvalue weighted by Gasteiger charge is -2.09. The molecule has 2 aromatic carbocycles. The maximum absolute atomic E-state index is 12.2. The van der Waals surface area contributed by atoms with Gasteiger partial charge >= 0.3 is 5.97 Å². The van der Waals surface area contributed by atoms with Crippen LogP contribution in [0.3, 0.4) is 0 Å². The smallest absolute Gasteiger partial charge is 0.339 e. The third-order valence-corrected chi connectivity index (χ3v) is 4.71. The Hall–Kier alpha value is -2.80. The van der Waals surface area contributed by atoms with Crippen LogP contribution in [0.2, 0.25) is 0 Å². The largest absolute Gasteiger partial charge is 0.452 e. The zero-order valence-electron chi connectivity index (χ0n) is 14.9. The number of thioether (sulfide) groups is 1. The Labute approximate surface area is 162 Å². The van der Waals surface area contributed by atoms with Crippen molar-refractivity contribution in [3.63, 3.8) is 0 Å². The van der Waals surface area contributed by atoms with Gasteiger partial charge in [-0.15, -0.1) is 11.8 Å². The summed E-state index contributed by atoms with van der Waals surface area (Å²) < 4.78 is 5.07. The molecule has 0 aliphatic heterocycles. The lowest BCUT2D eigenvalue weighted by molar-refractivity contribution is -0.124. The van der Waals surface area contributed by atoms with Gasteiger partial charge in [-0.1, -0.05) is 42.5 Å². The van der Waals surface area contributed by atoms with Crippen LogP contribution in [0.4, 0.5) is 0 Å². The minimum atomic E-state index is -0.609. The van der Waals surface area contributed by atoms with Crippen LogP contribution in [0.25, 0.3) is 0 Å². The number of rotatable bonds is 10. The van der Waals surface area contributed by atoms with Gasteiger partial charge in [0, 0.05) is 11.4 Å². The zero-order chi connectivity index (χ0) is 19.5. The Morgan fingerprint density at radius 3 is 2.44 bits per heavy atom. The summed E-state index contributed by atoms with van der Waals surface area (Å²) in [5, 5.41) is 2.73. The summed E-state index contributed by atoms with van der Waals surface area (Å²) in [6.45, 7) is 0.162. The quantitative estimate of drug-likeness (QED) is 0.370. The highest BCUT2D eigenvalue weighted by atomic mass is 32.2. The monoisotopic (exact) mass is 386 g/mol. The van der Waals surface area contributed by atoms with Gasteiger partial charge in [-0.25, -0.2) is 4.79 Å². The molecule has 0 aliphatic carbocycles. The molecule has 0 fully saturated rings. The fourth-order valence-electron chi connectivity index (χ4n) is 2.33. The molecule has 27 heavy (non-hydrogen) atoms. The first-order valence-electron chi connectivity index (χ1n) is 8.54. The number of carbonyl (C=O) groups is 3. The molecule has 2 amide bonds. The van der Waals surface area contributed by atoms with Crippen LogP contribution >= 0.6 is 11.8 Å². The Balaban J connectivity index is 1.73. The molecule has 0 aromatic heterocycles. The number of nitrogens with one attached hydrogen (secondary N) is 1. The average molecular weight is 386 g/mol. The average Bonchev–Trinajstić information content (AvgIpc) is 2.69. The number of nitrogens with two attached hydrogens (primary N) is 1. The fraction of sp³-hybridized carbons (Fsp3) is 0.250. The van der Waals surface area contributed by atoms with E-state index in [1.165, 1.54) is 5.56 Å². The number of esters is 1. The highest BCUT2D eigenvalue weighted by Gasteiger charge is 2.15. The van der Waals surface area contributed by atoms with Crippen LogP contribution < -0.4 is 11.1 Å². The van der Waals surface area contributed by atoms with Crippen molar-refractivity contribution in [2.45, 2.75) is 17.7 Å². The van der Waals surface area contributed by atoms with E-state index in [9.17, 15) is 14.4 Å². The number of ether oxygens (including phenoxy) is 1. The van der Waals surface area contributed by atoms with Crippen molar-refractivity contribution < 1.29 is 19.1 Å². The van der Waals surface area contributed by atoms with Gasteiger partial charge in [-0.2, -0.15) is 0 Å². The second-order valence-corrected chi connectivity index (χ2v) is 6.78. The van der Waals surface area contributed by atoms with Crippen molar-refractivity contribution in [2.24, 2.45) is 5.73 Å². The number of carbonyl (C=O) groups excluding carboxylic acids is 3. The number of aryl methyl sites for hydroxylation is 1. The highest BCUT2D eigenvalue weighted by molar-refractivity contribution is 8.00. The van der Waals surface area contributed by atoms with Crippen LogP contribution in [-0.2, 0) is 20.7 Å². The lowest BCUT2D eigenvalue weighted by atomic mass is 10.1. The molecule has 0 bridgehead atoms. The van der Waals surface area contributed by atoms with Gasteiger partial charge in [0.05, 0.1) is 11.3 Å². The summed E-state index contributed by atoms with van der Waals surface area (Å²) in [6, 6.07) is 16.7. The predicted octanol–water partition coefficient (Wildman–Crippen LogP) is 2.17. The molecule has 6 nitrogen and oxygen atoms in total. The molecule has 3 N–H and O–H groups in total. The maximum Gasteiger partial charge on any atom is 0.339 e. The molecule has 0 radical (unpaired) electrons. The van der Waals surface area contributed by atoms with Crippen molar-refractivity contribution in [2.75, 3.05) is 18.9 Å². The molecule has 0 atom stereocenters. The van der Waals surface area contributed by atoms with E-state index in [0.29, 0.717) is 17.0 Å². The second kappa shape index (κ2) is 11.0. The van der Waals surface area contributed by atoms with Crippen LogP contribution in [0.1, 0.15) is 22.3 Å². The number of benzene rings is 2. The van der Waals surface area contributed by atoms with Crippen LogP contribution in [0, 0.1) is 0 Å². The molecule has 0 heterocycles.